The van der Waals surface area contributed by atoms with Gasteiger partial charge in [-0.2, -0.15) is 0 Å². The largest absolute Gasteiger partial charge is 0.455 e. The predicted octanol–water partition coefficient (Wildman–Crippen LogP) is 13.1. The van der Waals surface area contributed by atoms with E-state index in [1.54, 1.807) is 0 Å². The summed E-state index contributed by atoms with van der Waals surface area (Å²) in [6, 6.07) is 61.6. The molecule has 0 bridgehead atoms. The lowest BCUT2D eigenvalue weighted by Crippen LogP contribution is -2.01. The van der Waals surface area contributed by atoms with Crippen molar-refractivity contribution in [1.82, 2.24) is 15.0 Å². The lowest BCUT2D eigenvalue weighted by molar-refractivity contribution is 0.673. The van der Waals surface area contributed by atoms with Gasteiger partial charge in [0.15, 0.2) is 17.5 Å². The molecule has 53 heavy (non-hydrogen) atoms. The van der Waals surface area contributed by atoms with Crippen LogP contribution in [0.3, 0.4) is 0 Å². The highest BCUT2D eigenvalue weighted by molar-refractivity contribution is 6.30. The molecule has 0 spiro atoms. The molecule has 0 radical (unpaired) electrons. The Bertz CT molecular complexity index is 3240. The molecule has 11 aromatic rings. The number of para-hydroxylation sites is 1. The Kier molecular flexibility index (Phi) is 6.52. The van der Waals surface area contributed by atoms with E-state index in [2.05, 4.69) is 158 Å². The molecule has 9 aromatic carbocycles. The Labute approximate surface area is 304 Å². The van der Waals surface area contributed by atoms with Crippen LogP contribution in [0.1, 0.15) is 0 Å². The molecule has 0 N–H and O–H groups in total. The third kappa shape index (κ3) is 4.80. The molecule has 0 amide bonds. The van der Waals surface area contributed by atoms with Gasteiger partial charge in [0.25, 0.3) is 0 Å². The van der Waals surface area contributed by atoms with Crippen molar-refractivity contribution in [2.75, 3.05) is 0 Å². The van der Waals surface area contributed by atoms with Gasteiger partial charge < -0.3 is 4.42 Å². The molecule has 4 heteroatoms. The quantitative estimate of drug-likeness (QED) is 0.174. The Hall–Kier alpha value is -7.17. The highest BCUT2D eigenvalue weighted by Gasteiger charge is 2.19. The van der Waals surface area contributed by atoms with E-state index in [0.717, 1.165) is 87.5 Å². The lowest BCUT2D eigenvalue weighted by atomic mass is 9.95. The summed E-state index contributed by atoms with van der Waals surface area (Å²) in [5.74, 6) is 1.87. The Morgan fingerprint density at radius 1 is 0.321 bits per heavy atom. The summed E-state index contributed by atoms with van der Waals surface area (Å²) < 4.78 is 6.56. The highest BCUT2D eigenvalue weighted by atomic mass is 16.3. The average molecular weight is 676 g/mol. The molecule has 0 aliphatic heterocycles. The van der Waals surface area contributed by atoms with Gasteiger partial charge in [0.05, 0.1) is 0 Å². The minimum absolute atomic E-state index is 0.614. The molecule has 0 aliphatic rings. The average Bonchev–Trinajstić information content (AvgIpc) is 3.63. The fourth-order valence-electron chi connectivity index (χ4n) is 7.92. The molecule has 246 valence electrons. The standard InChI is InChI=1S/C49H29N3O/c1-2-12-30(13-3-1)36-27-33-16-6-7-17-37(33)43(29-36)49-51-47(34-23-22-31-14-4-5-15-32(31)26-34)50-48(52-49)35-24-25-39-38-18-8-9-19-40(38)46-45(42(39)28-35)41-20-10-11-21-44(41)53-46/h1-29H. The number of fused-ring (bicyclic) bond motifs is 10. The Balaban J connectivity index is 1.20. The molecule has 2 heterocycles. The molecule has 4 nitrogen and oxygen atoms in total. The van der Waals surface area contributed by atoms with E-state index in [1.165, 1.54) is 5.39 Å². The first-order valence-corrected chi connectivity index (χ1v) is 17.9. The number of nitrogens with zero attached hydrogens (tertiary/aromatic N) is 3. The first-order chi connectivity index (χ1) is 26.2. The second-order valence-electron chi connectivity index (χ2n) is 13.6. The van der Waals surface area contributed by atoms with Gasteiger partial charge in [-0.1, -0.05) is 146 Å². The van der Waals surface area contributed by atoms with Crippen LogP contribution >= 0.6 is 0 Å². The van der Waals surface area contributed by atoms with Crippen LogP contribution in [0.2, 0.25) is 0 Å². The Morgan fingerprint density at radius 2 is 0.906 bits per heavy atom. The smallest absolute Gasteiger partial charge is 0.164 e. The molecule has 2 aromatic heterocycles. The summed E-state index contributed by atoms with van der Waals surface area (Å²) >= 11 is 0. The van der Waals surface area contributed by atoms with Crippen LogP contribution in [0.25, 0.3) is 110 Å². The highest BCUT2D eigenvalue weighted by Crippen LogP contribution is 2.42. The predicted molar refractivity (Wildman–Crippen MR) is 219 cm³/mol. The molecule has 0 saturated heterocycles. The van der Waals surface area contributed by atoms with Gasteiger partial charge in [0, 0.05) is 32.8 Å². The second kappa shape index (κ2) is 11.7. The van der Waals surface area contributed by atoms with Gasteiger partial charge in [-0.05, 0) is 79.2 Å². The van der Waals surface area contributed by atoms with E-state index in [9.17, 15) is 0 Å². The van der Waals surface area contributed by atoms with Gasteiger partial charge in [-0.15, -0.1) is 0 Å². The summed E-state index contributed by atoms with van der Waals surface area (Å²) in [6.07, 6.45) is 0. The zero-order valence-electron chi connectivity index (χ0n) is 28.5. The monoisotopic (exact) mass is 675 g/mol. The molecule has 11 rings (SSSR count). The van der Waals surface area contributed by atoms with E-state index in [0.29, 0.717) is 17.5 Å². The molecule has 0 aliphatic carbocycles. The molecule has 0 saturated carbocycles. The molecule has 0 fully saturated rings. The number of hydrogen-bond acceptors (Lipinski definition) is 4. The molecule has 0 atom stereocenters. The summed E-state index contributed by atoms with van der Waals surface area (Å²) in [5.41, 5.74) is 6.82. The van der Waals surface area contributed by atoms with Gasteiger partial charge in [-0.25, -0.2) is 15.0 Å². The van der Waals surface area contributed by atoms with Crippen molar-refractivity contribution in [2.45, 2.75) is 0 Å². The maximum absolute atomic E-state index is 6.56. The number of hydrogen-bond donors (Lipinski definition) is 0. The summed E-state index contributed by atoms with van der Waals surface area (Å²) in [4.78, 5) is 15.8. The van der Waals surface area contributed by atoms with E-state index in [-0.39, 0.29) is 0 Å². The van der Waals surface area contributed by atoms with Crippen molar-refractivity contribution in [1.29, 1.82) is 0 Å². The van der Waals surface area contributed by atoms with Gasteiger partial charge in [0.1, 0.15) is 11.2 Å². The van der Waals surface area contributed by atoms with E-state index in [4.69, 9.17) is 19.4 Å². The molecular formula is C49H29N3O. The number of rotatable bonds is 4. The molecule has 0 unspecified atom stereocenters. The Morgan fingerprint density at radius 3 is 1.74 bits per heavy atom. The van der Waals surface area contributed by atoms with E-state index < -0.39 is 0 Å². The third-order valence-electron chi connectivity index (χ3n) is 10.5. The van der Waals surface area contributed by atoms with Gasteiger partial charge >= 0.3 is 0 Å². The zero-order valence-corrected chi connectivity index (χ0v) is 28.5. The van der Waals surface area contributed by atoms with Crippen molar-refractivity contribution in [3.8, 4) is 45.3 Å². The van der Waals surface area contributed by atoms with Crippen LogP contribution in [0.5, 0.6) is 0 Å². The first-order valence-electron chi connectivity index (χ1n) is 17.9. The van der Waals surface area contributed by atoms with Crippen LogP contribution in [0, 0.1) is 0 Å². The summed E-state index contributed by atoms with van der Waals surface area (Å²) in [5, 5.41) is 11.2. The number of benzene rings is 9. The van der Waals surface area contributed by atoms with Crippen LogP contribution in [-0.4, -0.2) is 15.0 Å². The summed E-state index contributed by atoms with van der Waals surface area (Å²) in [7, 11) is 0. The van der Waals surface area contributed by atoms with Crippen molar-refractivity contribution < 1.29 is 4.42 Å². The van der Waals surface area contributed by atoms with Crippen LogP contribution < -0.4 is 0 Å². The van der Waals surface area contributed by atoms with Crippen LogP contribution in [-0.2, 0) is 0 Å². The fraction of sp³-hybridized carbons (Fsp3) is 0. The third-order valence-corrected chi connectivity index (χ3v) is 10.5. The fourth-order valence-corrected chi connectivity index (χ4v) is 7.92. The number of furan rings is 1. The number of aromatic nitrogens is 3. The summed E-state index contributed by atoms with van der Waals surface area (Å²) in [6.45, 7) is 0. The lowest BCUT2D eigenvalue weighted by Gasteiger charge is -2.13. The maximum Gasteiger partial charge on any atom is 0.164 e. The molecular weight excluding hydrogens is 647 g/mol. The topological polar surface area (TPSA) is 51.8 Å². The van der Waals surface area contributed by atoms with E-state index in [1.807, 2.05) is 18.2 Å². The van der Waals surface area contributed by atoms with Gasteiger partial charge in [0.2, 0.25) is 0 Å². The SMILES string of the molecule is c1ccc(-c2cc(-c3nc(-c4ccc5ccccc5c4)nc(-c4ccc5c6ccccc6c6oc7ccccc7c6c5c4)n3)c3ccccc3c2)cc1. The maximum atomic E-state index is 6.56. The van der Waals surface area contributed by atoms with Gasteiger partial charge in [-0.3, -0.25) is 0 Å². The van der Waals surface area contributed by atoms with Crippen molar-refractivity contribution in [3.05, 3.63) is 176 Å². The minimum atomic E-state index is 0.614. The van der Waals surface area contributed by atoms with Crippen molar-refractivity contribution in [3.63, 3.8) is 0 Å². The minimum Gasteiger partial charge on any atom is -0.455 e. The van der Waals surface area contributed by atoms with Crippen molar-refractivity contribution >= 4 is 65.0 Å². The second-order valence-corrected chi connectivity index (χ2v) is 13.6. The first kappa shape index (κ1) is 29.5. The van der Waals surface area contributed by atoms with E-state index >= 15 is 0 Å². The van der Waals surface area contributed by atoms with Crippen LogP contribution in [0.15, 0.2) is 180 Å². The van der Waals surface area contributed by atoms with Crippen LogP contribution in [0.4, 0.5) is 0 Å². The van der Waals surface area contributed by atoms with Crippen molar-refractivity contribution in [2.24, 2.45) is 0 Å². The zero-order chi connectivity index (χ0) is 34.9. The normalized spacial score (nSPS) is 11.8.